The highest BCUT2D eigenvalue weighted by Crippen LogP contribution is 2.56. The first kappa shape index (κ1) is 17.0. The SMILES string of the molecule is O=C(CCc1nnc(-c2ccccc2)o1)NCC1C2CC3CC(C2)CC1C3. The van der Waals surface area contributed by atoms with Crippen LogP contribution in [0.2, 0.25) is 0 Å². The van der Waals surface area contributed by atoms with Gasteiger partial charge in [0, 0.05) is 24.9 Å². The molecule has 6 rings (SSSR count). The third kappa shape index (κ3) is 3.52. The van der Waals surface area contributed by atoms with E-state index in [4.69, 9.17) is 4.42 Å². The van der Waals surface area contributed by atoms with Crippen LogP contribution in [0.15, 0.2) is 34.7 Å². The van der Waals surface area contributed by atoms with Crippen LogP contribution >= 0.6 is 0 Å². The number of hydrogen-bond acceptors (Lipinski definition) is 4. The summed E-state index contributed by atoms with van der Waals surface area (Å²) in [4.78, 5) is 12.3. The molecule has 4 bridgehead atoms. The quantitative estimate of drug-likeness (QED) is 0.844. The van der Waals surface area contributed by atoms with Crippen LogP contribution in [-0.4, -0.2) is 22.6 Å². The highest BCUT2D eigenvalue weighted by Gasteiger charge is 2.47. The molecule has 5 nitrogen and oxygen atoms in total. The molecule has 4 fully saturated rings. The van der Waals surface area contributed by atoms with Crippen LogP contribution in [0.25, 0.3) is 11.5 Å². The van der Waals surface area contributed by atoms with Crippen LogP contribution in [0, 0.1) is 29.6 Å². The molecule has 1 aromatic heterocycles. The van der Waals surface area contributed by atoms with E-state index in [0.717, 1.165) is 35.8 Å². The van der Waals surface area contributed by atoms with Crippen molar-refractivity contribution in [1.82, 2.24) is 15.5 Å². The standard InChI is InChI=1S/C22H27N3O2/c26-20(6-7-21-24-25-22(27-21)16-4-2-1-3-5-16)23-13-19-17-9-14-8-15(11-17)12-18(19)10-14/h1-5,14-15,17-19H,6-13H2,(H,23,26). The van der Waals surface area contributed by atoms with E-state index in [0.29, 0.717) is 30.5 Å². The minimum absolute atomic E-state index is 0.100. The van der Waals surface area contributed by atoms with Crippen LogP contribution in [0.3, 0.4) is 0 Å². The van der Waals surface area contributed by atoms with E-state index in [1.807, 2.05) is 30.3 Å². The molecule has 4 saturated carbocycles. The molecule has 1 amide bonds. The Kier molecular flexibility index (Phi) is 4.46. The second-order valence-corrected chi connectivity index (χ2v) is 8.77. The largest absolute Gasteiger partial charge is 0.421 e. The summed E-state index contributed by atoms with van der Waals surface area (Å²) >= 11 is 0. The molecule has 0 radical (unpaired) electrons. The molecular weight excluding hydrogens is 338 g/mol. The second kappa shape index (κ2) is 7.10. The van der Waals surface area contributed by atoms with E-state index in [-0.39, 0.29) is 5.91 Å². The van der Waals surface area contributed by atoms with Gasteiger partial charge in [-0.2, -0.15) is 0 Å². The number of aryl methyl sites for hydroxylation is 1. The monoisotopic (exact) mass is 365 g/mol. The maximum atomic E-state index is 12.3. The molecule has 1 N–H and O–H groups in total. The van der Waals surface area contributed by atoms with Gasteiger partial charge in [0.2, 0.25) is 17.7 Å². The Morgan fingerprint density at radius 3 is 2.41 bits per heavy atom. The third-order valence-electron chi connectivity index (χ3n) is 7.01. The highest BCUT2D eigenvalue weighted by atomic mass is 16.4. The zero-order valence-corrected chi connectivity index (χ0v) is 15.6. The normalized spacial score (nSPS) is 31.2. The van der Waals surface area contributed by atoms with Crippen molar-refractivity contribution in [2.45, 2.75) is 44.9 Å². The first-order valence-electron chi connectivity index (χ1n) is 10.4. The van der Waals surface area contributed by atoms with E-state index < -0.39 is 0 Å². The van der Waals surface area contributed by atoms with Crippen molar-refractivity contribution in [3.8, 4) is 11.5 Å². The molecule has 0 saturated heterocycles. The van der Waals surface area contributed by atoms with Crippen molar-refractivity contribution in [3.05, 3.63) is 36.2 Å². The lowest BCUT2D eigenvalue weighted by Gasteiger charge is -2.54. The summed E-state index contributed by atoms with van der Waals surface area (Å²) in [6, 6.07) is 9.71. The van der Waals surface area contributed by atoms with Gasteiger partial charge in [-0.05, 0) is 73.8 Å². The molecule has 0 aliphatic heterocycles. The lowest BCUT2D eigenvalue weighted by molar-refractivity contribution is -0.122. The third-order valence-corrected chi connectivity index (χ3v) is 7.01. The number of hydrogen-bond donors (Lipinski definition) is 1. The summed E-state index contributed by atoms with van der Waals surface area (Å²) in [5, 5.41) is 11.4. The molecule has 1 aromatic carbocycles. The van der Waals surface area contributed by atoms with Crippen molar-refractivity contribution in [3.63, 3.8) is 0 Å². The summed E-state index contributed by atoms with van der Waals surface area (Å²) in [5.41, 5.74) is 0.905. The fourth-order valence-electron chi connectivity index (χ4n) is 5.96. The first-order chi connectivity index (χ1) is 13.2. The Bertz CT molecular complexity index is 773. The van der Waals surface area contributed by atoms with E-state index in [1.165, 1.54) is 32.1 Å². The van der Waals surface area contributed by atoms with Crippen LogP contribution < -0.4 is 5.32 Å². The van der Waals surface area contributed by atoms with E-state index in [1.54, 1.807) is 0 Å². The molecule has 0 atom stereocenters. The van der Waals surface area contributed by atoms with Gasteiger partial charge in [-0.3, -0.25) is 4.79 Å². The zero-order valence-electron chi connectivity index (χ0n) is 15.6. The van der Waals surface area contributed by atoms with E-state index >= 15 is 0 Å². The molecule has 4 aliphatic carbocycles. The van der Waals surface area contributed by atoms with Gasteiger partial charge in [0.25, 0.3) is 0 Å². The molecule has 0 spiro atoms. The molecular formula is C22H27N3O2. The van der Waals surface area contributed by atoms with Gasteiger partial charge < -0.3 is 9.73 Å². The average Bonchev–Trinajstić information content (AvgIpc) is 3.15. The Labute approximate surface area is 159 Å². The predicted molar refractivity (Wildman–Crippen MR) is 102 cm³/mol. The van der Waals surface area contributed by atoms with Crippen LogP contribution in [0.5, 0.6) is 0 Å². The molecule has 4 aliphatic rings. The van der Waals surface area contributed by atoms with Crippen molar-refractivity contribution in [2.24, 2.45) is 29.6 Å². The van der Waals surface area contributed by atoms with Crippen LogP contribution in [-0.2, 0) is 11.2 Å². The lowest BCUT2D eigenvalue weighted by Crippen LogP contribution is -2.49. The molecule has 0 unspecified atom stereocenters. The Balaban J connectivity index is 1.11. The van der Waals surface area contributed by atoms with Crippen LogP contribution in [0.1, 0.15) is 44.4 Å². The topological polar surface area (TPSA) is 68.0 Å². The Hall–Kier alpha value is -2.17. The first-order valence-corrected chi connectivity index (χ1v) is 10.4. The number of aromatic nitrogens is 2. The number of carbonyl (C=O) groups excluding carboxylic acids is 1. The van der Waals surface area contributed by atoms with Gasteiger partial charge in [0.1, 0.15) is 0 Å². The average molecular weight is 365 g/mol. The lowest BCUT2D eigenvalue weighted by atomic mass is 9.52. The van der Waals surface area contributed by atoms with Gasteiger partial charge in [0.05, 0.1) is 0 Å². The van der Waals surface area contributed by atoms with Gasteiger partial charge >= 0.3 is 0 Å². The summed E-state index contributed by atoms with van der Waals surface area (Å²) < 4.78 is 5.69. The van der Waals surface area contributed by atoms with Gasteiger partial charge in [0.15, 0.2) is 0 Å². The van der Waals surface area contributed by atoms with Crippen molar-refractivity contribution in [1.29, 1.82) is 0 Å². The number of nitrogens with one attached hydrogen (secondary N) is 1. The van der Waals surface area contributed by atoms with Gasteiger partial charge in [-0.1, -0.05) is 18.2 Å². The number of carbonyl (C=O) groups is 1. The fraction of sp³-hybridized carbons (Fsp3) is 0.591. The molecule has 1 heterocycles. The summed E-state index contributed by atoms with van der Waals surface area (Å²) in [5.74, 6) is 5.51. The second-order valence-electron chi connectivity index (χ2n) is 8.77. The number of rotatable bonds is 6. The van der Waals surface area contributed by atoms with E-state index in [9.17, 15) is 4.79 Å². The highest BCUT2D eigenvalue weighted by molar-refractivity contribution is 5.76. The van der Waals surface area contributed by atoms with Gasteiger partial charge in [-0.25, -0.2) is 0 Å². The Morgan fingerprint density at radius 2 is 1.70 bits per heavy atom. The molecule has 5 heteroatoms. The molecule has 27 heavy (non-hydrogen) atoms. The van der Waals surface area contributed by atoms with Crippen molar-refractivity contribution < 1.29 is 9.21 Å². The fourth-order valence-corrected chi connectivity index (χ4v) is 5.96. The number of amides is 1. The maximum Gasteiger partial charge on any atom is 0.247 e. The number of benzene rings is 1. The number of nitrogens with zero attached hydrogens (tertiary/aromatic N) is 2. The van der Waals surface area contributed by atoms with E-state index in [2.05, 4.69) is 15.5 Å². The summed E-state index contributed by atoms with van der Waals surface area (Å²) in [7, 11) is 0. The van der Waals surface area contributed by atoms with Crippen molar-refractivity contribution in [2.75, 3.05) is 6.54 Å². The van der Waals surface area contributed by atoms with Crippen LogP contribution in [0.4, 0.5) is 0 Å². The maximum absolute atomic E-state index is 12.3. The smallest absolute Gasteiger partial charge is 0.247 e. The summed E-state index contributed by atoms with van der Waals surface area (Å²) in [6.07, 6.45) is 7.98. The predicted octanol–water partition coefficient (Wildman–Crippen LogP) is 3.86. The zero-order chi connectivity index (χ0) is 18.2. The minimum Gasteiger partial charge on any atom is -0.421 e. The summed E-state index contributed by atoms with van der Waals surface area (Å²) in [6.45, 7) is 0.854. The Morgan fingerprint density at radius 1 is 1.00 bits per heavy atom. The van der Waals surface area contributed by atoms with Crippen molar-refractivity contribution >= 4 is 5.91 Å². The molecule has 142 valence electrons. The van der Waals surface area contributed by atoms with Gasteiger partial charge in [-0.15, -0.1) is 10.2 Å². The molecule has 2 aromatic rings. The minimum atomic E-state index is 0.100.